The van der Waals surface area contributed by atoms with Crippen molar-refractivity contribution in [1.29, 1.82) is 0 Å². The molecule has 16 heavy (non-hydrogen) atoms. The molecule has 0 nitrogen and oxygen atoms in total. The van der Waals surface area contributed by atoms with Gasteiger partial charge in [0, 0.05) is 5.88 Å². The number of hydrogen-bond acceptors (Lipinski definition) is 0. The van der Waals surface area contributed by atoms with Crippen LogP contribution in [-0.4, -0.2) is 5.88 Å². The van der Waals surface area contributed by atoms with Crippen LogP contribution in [-0.2, 0) is 6.42 Å². The third kappa shape index (κ3) is 2.22. The first-order valence-corrected chi connectivity index (χ1v) is 6.09. The molecule has 1 fully saturated rings. The van der Waals surface area contributed by atoms with Gasteiger partial charge in [-0.25, -0.2) is 8.78 Å². The molecule has 88 valence electrons. The summed E-state index contributed by atoms with van der Waals surface area (Å²) in [6, 6.07) is 4.34. The second-order valence-corrected chi connectivity index (χ2v) is 5.22. The van der Waals surface area contributed by atoms with Gasteiger partial charge in [0.05, 0.1) is 0 Å². The first kappa shape index (κ1) is 11.8. The van der Waals surface area contributed by atoms with Gasteiger partial charge in [-0.15, -0.1) is 11.6 Å². The van der Waals surface area contributed by atoms with Crippen molar-refractivity contribution < 1.29 is 8.78 Å². The Morgan fingerprint density at radius 2 is 2.06 bits per heavy atom. The first-order valence-electron chi connectivity index (χ1n) is 5.56. The smallest absolute Gasteiger partial charge is 0.162 e. The van der Waals surface area contributed by atoms with E-state index in [1.807, 2.05) is 0 Å². The van der Waals surface area contributed by atoms with Gasteiger partial charge in [-0.1, -0.05) is 19.1 Å². The quantitative estimate of drug-likeness (QED) is 0.698. The Bertz CT molecular complexity index is 388. The molecule has 0 aliphatic heterocycles. The van der Waals surface area contributed by atoms with E-state index >= 15 is 0 Å². The van der Waals surface area contributed by atoms with Crippen LogP contribution in [0.1, 0.15) is 25.3 Å². The van der Waals surface area contributed by atoms with E-state index in [4.69, 9.17) is 11.6 Å². The Hall–Kier alpha value is -0.630. The standard InChI is InChI=1S/C13H15ClF2/c1-13(8-14,10-5-6-10)7-9-3-2-4-11(15)12(9)16/h2-4,10H,5-8H2,1H3. The molecule has 2 rings (SSSR count). The molecular weight excluding hydrogens is 230 g/mol. The Morgan fingerprint density at radius 1 is 1.38 bits per heavy atom. The lowest BCUT2D eigenvalue weighted by atomic mass is 9.80. The van der Waals surface area contributed by atoms with E-state index in [2.05, 4.69) is 6.92 Å². The molecule has 0 radical (unpaired) electrons. The number of halogens is 3. The molecule has 1 aromatic rings. The average Bonchev–Trinajstić information content (AvgIpc) is 3.08. The molecule has 1 atom stereocenters. The maximum absolute atomic E-state index is 13.5. The average molecular weight is 245 g/mol. The fourth-order valence-electron chi connectivity index (χ4n) is 2.20. The van der Waals surface area contributed by atoms with E-state index in [1.54, 1.807) is 12.1 Å². The van der Waals surface area contributed by atoms with Gasteiger partial charge in [0.25, 0.3) is 0 Å². The molecule has 0 heterocycles. The van der Waals surface area contributed by atoms with Crippen molar-refractivity contribution in [2.75, 3.05) is 5.88 Å². The van der Waals surface area contributed by atoms with Crippen molar-refractivity contribution in [2.45, 2.75) is 26.2 Å². The zero-order valence-electron chi connectivity index (χ0n) is 9.27. The van der Waals surface area contributed by atoms with Gasteiger partial charge >= 0.3 is 0 Å². The summed E-state index contributed by atoms with van der Waals surface area (Å²) in [7, 11) is 0. The van der Waals surface area contributed by atoms with E-state index in [1.165, 1.54) is 0 Å². The number of benzene rings is 1. The SMILES string of the molecule is CC(CCl)(Cc1cccc(F)c1F)C1CC1. The molecule has 3 heteroatoms. The fraction of sp³-hybridized carbons (Fsp3) is 0.538. The summed E-state index contributed by atoms with van der Waals surface area (Å²) in [5.41, 5.74) is 0.339. The van der Waals surface area contributed by atoms with Gasteiger partial charge in [-0.05, 0) is 42.2 Å². The predicted molar refractivity (Wildman–Crippen MR) is 61.6 cm³/mol. The van der Waals surface area contributed by atoms with Crippen LogP contribution in [0.25, 0.3) is 0 Å². The summed E-state index contributed by atoms with van der Waals surface area (Å²) >= 11 is 5.97. The van der Waals surface area contributed by atoms with Crippen LogP contribution < -0.4 is 0 Å². The number of hydrogen-bond donors (Lipinski definition) is 0. The lowest BCUT2D eigenvalue weighted by Gasteiger charge is -2.27. The maximum Gasteiger partial charge on any atom is 0.162 e. The van der Waals surface area contributed by atoms with Crippen LogP contribution >= 0.6 is 11.6 Å². The highest BCUT2D eigenvalue weighted by Gasteiger charge is 2.41. The highest BCUT2D eigenvalue weighted by molar-refractivity contribution is 6.18. The molecule has 0 bridgehead atoms. The highest BCUT2D eigenvalue weighted by Crippen LogP contribution is 2.48. The zero-order valence-corrected chi connectivity index (χ0v) is 10.0. The van der Waals surface area contributed by atoms with E-state index in [0.717, 1.165) is 18.9 Å². The maximum atomic E-state index is 13.5. The molecular formula is C13H15ClF2. The minimum Gasteiger partial charge on any atom is -0.204 e. The largest absolute Gasteiger partial charge is 0.204 e. The molecule has 0 saturated heterocycles. The van der Waals surface area contributed by atoms with E-state index in [9.17, 15) is 8.78 Å². The lowest BCUT2D eigenvalue weighted by Crippen LogP contribution is -2.25. The Labute approximate surface area is 99.6 Å². The molecule has 0 N–H and O–H groups in total. The van der Waals surface area contributed by atoms with Crippen molar-refractivity contribution in [1.82, 2.24) is 0 Å². The Balaban J connectivity index is 2.22. The molecule has 1 aliphatic carbocycles. The molecule has 0 spiro atoms. The predicted octanol–water partition coefficient (Wildman–Crippen LogP) is 4.16. The van der Waals surface area contributed by atoms with Gasteiger partial charge in [-0.3, -0.25) is 0 Å². The van der Waals surface area contributed by atoms with Crippen LogP contribution in [0.5, 0.6) is 0 Å². The van der Waals surface area contributed by atoms with Crippen molar-refractivity contribution >= 4 is 11.6 Å². The monoisotopic (exact) mass is 244 g/mol. The van der Waals surface area contributed by atoms with Crippen LogP contribution in [0, 0.1) is 23.0 Å². The van der Waals surface area contributed by atoms with E-state index in [-0.39, 0.29) is 5.41 Å². The molecule has 1 unspecified atom stereocenters. The van der Waals surface area contributed by atoms with Crippen molar-refractivity contribution in [3.05, 3.63) is 35.4 Å². The molecule has 0 aromatic heterocycles. The zero-order chi connectivity index (χ0) is 11.8. The first-order chi connectivity index (χ1) is 7.57. The normalized spacial score (nSPS) is 19.5. The lowest BCUT2D eigenvalue weighted by molar-refractivity contribution is 0.307. The van der Waals surface area contributed by atoms with E-state index in [0.29, 0.717) is 23.8 Å². The molecule has 1 aliphatic rings. The van der Waals surface area contributed by atoms with E-state index < -0.39 is 11.6 Å². The van der Waals surface area contributed by atoms with Gasteiger partial charge in [-0.2, -0.15) is 0 Å². The summed E-state index contributed by atoms with van der Waals surface area (Å²) in [5, 5.41) is 0. The highest BCUT2D eigenvalue weighted by atomic mass is 35.5. The summed E-state index contributed by atoms with van der Waals surface area (Å²) in [5.74, 6) is -0.439. The third-order valence-corrected chi connectivity index (χ3v) is 4.10. The topological polar surface area (TPSA) is 0 Å². The van der Waals surface area contributed by atoms with Crippen LogP contribution in [0.15, 0.2) is 18.2 Å². The fourth-order valence-corrected chi connectivity index (χ4v) is 2.51. The second-order valence-electron chi connectivity index (χ2n) is 4.95. The van der Waals surface area contributed by atoms with Crippen molar-refractivity contribution in [3.8, 4) is 0 Å². The number of alkyl halides is 1. The molecule has 0 amide bonds. The second kappa shape index (κ2) is 4.33. The Morgan fingerprint density at radius 3 is 2.62 bits per heavy atom. The van der Waals surface area contributed by atoms with Crippen molar-refractivity contribution in [2.24, 2.45) is 11.3 Å². The Kier molecular flexibility index (Phi) is 3.20. The minimum atomic E-state index is -0.773. The minimum absolute atomic E-state index is 0.101. The summed E-state index contributed by atoms with van der Waals surface area (Å²) in [4.78, 5) is 0. The summed E-state index contributed by atoms with van der Waals surface area (Å²) in [6.45, 7) is 2.06. The molecule has 1 aromatic carbocycles. The van der Waals surface area contributed by atoms with Crippen LogP contribution in [0.3, 0.4) is 0 Å². The molecule has 1 saturated carbocycles. The van der Waals surface area contributed by atoms with Gasteiger partial charge < -0.3 is 0 Å². The van der Waals surface area contributed by atoms with Crippen molar-refractivity contribution in [3.63, 3.8) is 0 Å². The van der Waals surface area contributed by atoms with Gasteiger partial charge in [0.1, 0.15) is 0 Å². The van der Waals surface area contributed by atoms with Crippen LogP contribution in [0.4, 0.5) is 8.78 Å². The van der Waals surface area contributed by atoms with Crippen LogP contribution in [0.2, 0.25) is 0 Å². The summed E-state index contributed by atoms with van der Waals surface area (Å²) in [6.07, 6.45) is 2.82. The van der Waals surface area contributed by atoms with Gasteiger partial charge in [0.2, 0.25) is 0 Å². The van der Waals surface area contributed by atoms with Gasteiger partial charge in [0.15, 0.2) is 11.6 Å². The number of rotatable bonds is 4. The summed E-state index contributed by atoms with van der Waals surface area (Å²) < 4.78 is 26.6. The third-order valence-electron chi connectivity index (χ3n) is 3.49.